The Bertz CT molecular complexity index is 834. The minimum absolute atomic E-state index is 0.0513. The third-order valence-corrected chi connectivity index (χ3v) is 5.16. The lowest BCUT2D eigenvalue weighted by molar-refractivity contribution is -0.121. The Labute approximate surface area is 157 Å². The first-order valence-electron chi connectivity index (χ1n) is 8.79. The second kappa shape index (κ2) is 8.01. The van der Waals surface area contributed by atoms with Crippen molar-refractivity contribution < 1.29 is 4.79 Å². The second-order valence-electron chi connectivity index (χ2n) is 6.81. The number of hydrogen-bond acceptors (Lipinski definition) is 4. The third kappa shape index (κ3) is 4.31. The molecule has 6 nitrogen and oxygen atoms in total. The number of piperidine rings is 1. The highest BCUT2D eigenvalue weighted by Crippen LogP contribution is 2.27. The molecule has 26 heavy (non-hydrogen) atoms. The van der Waals surface area contributed by atoms with Gasteiger partial charge < -0.3 is 10.3 Å². The molecular weight excluding hydrogens is 352 g/mol. The Hall–Kier alpha value is -2.18. The zero-order chi connectivity index (χ0) is 18.7. The number of halogens is 1. The highest BCUT2D eigenvalue weighted by molar-refractivity contribution is 6.30. The van der Waals surface area contributed by atoms with Gasteiger partial charge in [-0.15, -0.1) is 0 Å². The van der Waals surface area contributed by atoms with E-state index in [1.165, 1.54) is 6.20 Å². The third-order valence-electron chi connectivity index (χ3n) is 4.94. The molecule has 2 aromatic rings. The quantitative estimate of drug-likeness (QED) is 0.862. The molecule has 1 saturated heterocycles. The van der Waals surface area contributed by atoms with Crippen molar-refractivity contribution >= 4 is 23.3 Å². The smallest absolute Gasteiger partial charge is 0.250 e. The molecule has 1 fully saturated rings. The number of likely N-dealkylation sites (tertiary alicyclic amines) is 1. The molecule has 3 rings (SSSR count). The lowest BCUT2D eigenvalue weighted by Gasteiger charge is -2.36. The topological polar surface area (TPSA) is 78.1 Å². The van der Waals surface area contributed by atoms with Crippen LogP contribution in [0.2, 0.25) is 5.02 Å². The SMILES string of the molecule is Cc1cc(C2CCCN(C(C)C(=O)Nc3ccc(Cl)cn3)C2)c[nH]c1=O. The zero-order valence-electron chi connectivity index (χ0n) is 15.0. The number of hydrogen-bond donors (Lipinski definition) is 2. The van der Waals surface area contributed by atoms with E-state index in [1.807, 2.05) is 19.9 Å². The van der Waals surface area contributed by atoms with Gasteiger partial charge in [0.05, 0.1) is 11.1 Å². The highest BCUT2D eigenvalue weighted by Gasteiger charge is 2.28. The van der Waals surface area contributed by atoms with Crippen molar-refractivity contribution in [3.05, 3.63) is 57.1 Å². The monoisotopic (exact) mass is 374 g/mol. The molecule has 2 N–H and O–H groups in total. The van der Waals surface area contributed by atoms with Crippen LogP contribution < -0.4 is 10.9 Å². The van der Waals surface area contributed by atoms with Gasteiger partial charge in [0.1, 0.15) is 5.82 Å². The lowest BCUT2D eigenvalue weighted by atomic mass is 9.90. The van der Waals surface area contributed by atoms with Crippen LogP contribution in [0, 0.1) is 6.92 Å². The first-order valence-corrected chi connectivity index (χ1v) is 9.17. The van der Waals surface area contributed by atoms with E-state index in [0.29, 0.717) is 16.8 Å². The number of amides is 1. The van der Waals surface area contributed by atoms with Gasteiger partial charge >= 0.3 is 0 Å². The maximum atomic E-state index is 12.6. The number of aryl methyl sites for hydroxylation is 1. The molecule has 2 aromatic heterocycles. The van der Waals surface area contributed by atoms with E-state index in [1.54, 1.807) is 18.3 Å². The number of anilines is 1. The minimum atomic E-state index is -0.265. The summed E-state index contributed by atoms with van der Waals surface area (Å²) in [5, 5.41) is 3.37. The highest BCUT2D eigenvalue weighted by atomic mass is 35.5. The largest absolute Gasteiger partial charge is 0.329 e. The Morgan fingerprint density at radius 3 is 2.96 bits per heavy atom. The van der Waals surface area contributed by atoms with E-state index in [9.17, 15) is 9.59 Å². The van der Waals surface area contributed by atoms with E-state index >= 15 is 0 Å². The van der Waals surface area contributed by atoms with Crippen molar-refractivity contribution in [1.82, 2.24) is 14.9 Å². The summed E-state index contributed by atoms with van der Waals surface area (Å²) in [6, 6.07) is 5.08. The van der Waals surface area contributed by atoms with Crippen molar-refractivity contribution in [1.29, 1.82) is 0 Å². The second-order valence-corrected chi connectivity index (χ2v) is 7.24. The van der Waals surface area contributed by atoms with Gasteiger partial charge in [-0.1, -0.05) is 11.6 Å². The van der Waals surface area contributed by atoms with Crippen LogP contribution in [0.5, 0.6) is 0 Å². The number of rotatable bonds is 4. The summed E-state index contributed by atoms with van der Waals surface area (Å²) >= 11 is 5.82. The van der Waals surface area contributed by atoms with Crippen molar-refractivity contribution in [2.45, 2.75) is 38.6 Å². The van der Waals surface area contributed by atoms with Crippen LogP contribution >= 0.6 is 11.6 Å². The maximum absolute atomic E-state index is 12.6. The molecule has 2 unspecified atom stereocenters. The molecule has 0 bridgehead atoms. The van der Waals surface area contributed by atoms with Gasteiger partial charge in [0.15, 0.2) is 0 Å². The summed E-state index contributed by atoms with van der Waals surface area (Å²) in [6.07, 6.45) is 5.37. The van der Waals surface area contributed by atoms with E-state index in [0.717, 1.165) is 37.1 Å². The fraction of sp³-hybridized carbons (Fsp3) is 0.421. The van der Waals surface area contributed by atoms with Gasteiger partial charge in [-0.25, -0.2) is 4.98 Å². The number of carbonyl (C=O) groups excluding carboxylic acids is 1. The number of aromatic nitrogens is 2. The van der Waals surface area contributed by atoms with Crippen molar-refractivity contribution in [3.8, 4) is 0 Å². The predicted octanol–water partition coefficient (Wildman–Crippen LogP) is 2.94. The van der Waals surface area contributed by atoms with Crippen LogP contribution in [0.3, 0.4) is 0 Å². The van der Waals surface area contributed by atoms with Gasteiger partial charge in [-0.3, -0.25) is 14.5 Å². The van der Waals surface area contributed by atoms with Crippen LogP contribution in [-0.2, 0) is 4.79 Å². The van der Waals surface area contributed by atoms with Gasteiger partial charge in [-0.2, -0.15) is 0 Å². The minimum Gasteiger partial charge on any atom is -0.329 e. The molecule has 0 spiro atoms. The normalized spacial score (nSPS) is 19.1. The number of H-pyrrole nitrogens is 1. The molecule has 0 aliphatic carbocycles. The van der Waals surface area contributed by atoms with E-state index in [-0.39, 0.29) is 17.5 Å². The molecule has 2 atom stereocenters. The van der Waals surface area contributed by atoms with Crippen LogP contribution in [-0.4, -0.2) is 39.9 Å². The average Bonchev–Trinajstić information content (AvgIpc) is 2.65. The lowest BCUT2D eigenvalue weighted by Crippen LogP contribution is -2.46. The standard InChI is InChI=1S/C19H23ClN4O2/c1-12-8-15(9-22-18(12)25)14-4-3-7-24(11-14)13(2)19(26)23-17-6-5-16(20)10-21-17/h5-6,8-10,13-14H,3-4,7,11H2,1-2H3,(H,22,25)(H,21,23,26). The predicted molar refractivity (Wildman–Crippen MR) is 103 cm³/mol. The van der Waals surface area contributed by atoms with E-state index in [2.05, 4.69) is 20.2 Å². The van der Waals surface area contributed by atoms with Crippen molar-refractivity contribution in [2.24, 2.45) is 0 Å². The molecule has 1 aliphatic rings. The Morgan fingerprint density at radius 2 is 2.27 bits per heavy atom. The Balaban J connectivity index is 1.66. The van der Waals surface area contributed by atoms with Crippen LogP contribution in [0.1, 0.15) is 36.8 Å². The molecule has 138 valence electrons. The van der Waals surface area contributed by atoms with Crippen LogP contribution in [0.15, 0.2) is 35.4 Å². The molecule has 1 amide bonds. The fourth-order valence-corrected chi connectivity index (χ4v) is 3.44. The summed E-state index contributed by atoms with van der Waals surface area (Å²) in [7, 11) is 0. The summed E-state index contributed by atoms with van der Waals surface area (Å²) < 4.78 is 0. The van der Waals surface area contributed by atoms with Gasteiger partial charge in [-0.05, 0) is 62.9 Å². The first-order chi connectivity index (χ1) is 12.4. The molecule has 0 aromatic carbocycles. The Kier molecular flexibility index (Phi) is 5.74. The molecular formula is C19H23ClN4O2. The molecule has 3 heterocycles. The first kappa shape index (κ1) is 18.6. The van der Waals surface area contributed by atoms with Crippen molar-refractivity contribution in [3.63, 3.8) is 0 Å². The van der Waals surface area contributed by atoms with E-state index in [4.69, 9.17) is 11.6 Å². The van der Waals surface area contributed by atoms with Gasteiger partial charge in [0.2, 0.25) is 5.91 Å². The van der Waals surface area contributed by atoms with Gasteiger partial charge in [0, 0.05) is 24.5 Å². The van der Waals surface area contributed by atoms with Crippen molar-refractivity contribution in [2.75, 3.05) is 18.4 Å². The van der Waals surface area contributed by atoms with Crippen LogP contribution in [0.4, 0.5) is 5.82 Å². The molecule has 0 radical (unpaired) electrons. The average molecular weight is 375 g/mol. The fourth-order valence-electron chi connectivity index (χ4n) is 3.33. The number of carbonyl (C=O) groups is 1. The molecule has 1 aliphatic heterocycles. The summed E-state index contributed by atoms with van der Waals surface area (Å²) in [4.78, 5) is 33.2. The molecule has 7 heteroatoms. The van der Waals surface area contributed by atoms with Crippen LogP contribution in [0.25, 0.3) is 0 Å². The summed E-state index contributed by atoms with van der Waals surface area (Å²) in [5.41, 5.74) is 1.79. The summed E-state index contributed by atoms with van der Waals surface area (Å²) in [5.74, 6) is 0.720. The van der Waals surface area contributed by atoms with E-state index < -0.39 is 0 Å². The molecule has 0 saturated carbocycles. The zero-order valence-corrected chi connectivity index (χ0v) is 15.7. The number of nitrogens with zero attached hydrogens (tertiary/aromatic N) is 2. The number of aromatic amines is 1. The Morgan fingerprint density at radius 1 is 1.46 bits per heavy atom. The summed E-state index contributed by atoms with van der Waals surface area (Å²) in [6.45, 7) is 5.39. The maximum Gasteiger partial charge on any atom is 0.250 e. The number of nitrogens with one attached hydrogen (secondary N) is 2. The van der Waals surface area contributed by atoms with Gasteiger partial charge in [0.25, 0.3) is 5.56 Å². The number of pyridine rings is 2.